The van der Waals surface area contributed by atoms with Crippen molar-refractivity contribution in [1.29, 1.82) is 5.26 Å². The van der Waals surface area contributed by atoms with Crippen LogP contribution in [0.2, 0.25) is 0 Å². The predicted molar refractivity (Wildman–Crippen MR) is 89.2 cm³/mol. The first-order chi connectivity index (χ1) is 12.0. The summed E-state index contributed by atoms with van der Waals surface area (Å²) in [6.45, 7) is 0. The van der Waals surface area contributed by atoms with Gasteiger partial charge in [-0.25, -0.2) is 22.0 Å². The van der Waals surface area contributed by atoms with Gasteiger partial charge in [0.2, 0.25) is 9.84 Å². The first kappa shape index (κ1) is 20.1. The third-order valence-electron chi connectivity index (χ3n) is 3.04. The fourth-order valence-corrected chi connectivity index (χ4v) is 4.93. The SMILES string of the molecule is CS(=O)(=NC=C(C#N)S(=O)(=O)c1ccc(C(F)(F)F)cn1)c1ccsc1. The quantitative estimate of drug-likeness (QED) is 0.704. The Kier molecular flexibility index (Phi) is 5.55. The van der Waals surface area contributed by atoms with Crippen LogP contribution in [0.5, 0.6) is 0 Å². The summed E-state index contributed by atoms with van der Waals surface area (Å²) in [7, 11) is -7.47. The number of sulfone groups is 1. The Bertz CT molecular complexity index is 1090. The number of nitriles is 1. The number of pyridine rings is 1. The third-order valence-corrected chi connectivity index (χ3v) is 7.08. The normalized spacial score (nSPS) is 15.1. The Morgan fingerprint density at radius 2 is 2.00 bits per heavy atom. The molecule has 26 heavy (non-hydrogen) atoms. The summed E-state index contributed by atoms with van der Waals surface area (Å²) in [5.74, 6) is 0. The third kappa shape index (κ3) is 4.29. The summed E-state index contributed by atoms with van der Waals surface area (Å²) < 4.78 is 78.4. The van der Waals surface area contributed by atoms with E-state index in [9.17, 15) is 25.8 Å². The lowest BCUT2D eigenvalue weighted by Gasteiger charge is -2.07. The highest BCUT2D eigenvalue weighted by molar-refractivity contribution is 7.95. The van der Waals surface area contributed by atoms with Crippen LogP contribution in [0.1, 0.15) is 5.56 Å². The van der Waals surface area contributed by atoms with Crippen molar-refractivity contribution in [3.8, 4) is 6.07 Å². The van der Waals surface area contributed by atoms with E-state index in [-0.39, 0.29) is 0 Å². The lowest BCUT2D eigenvalue weighted by Crippen LogP contribution is -2.09. The Balaban J connectivity index is 2.46. The standard InChI is InChI=1S/C14H10F3N3O3S3/c1-25(21,11-4-5-24-9-11)20-8-12(6-18)26(22,23)13-3-2-10(7-19-13)14(15,16)17/h2-5,7-9H,1H3. The first-order valence-corrected chi connectivity index (χ1v) is 11.0. The molecule has 0 aliphatic carbocycles. The van der Waals surface area contributed by atoms with Crippen LogP contribution >= 0.6 is 11.3 Å². The van der Waals surface area contributed by atoms with Crippen LogP contribution in [-0.2, 0) is 25.7 Å². The molecule has 0 bridgehead atoms. The summed E-state index contributed by atoms with van der Waals surface area (Å²) in [5.41, 5.74) is -1.13. The molecule has 6 nitrogen and oxygen atoms in total. The van der Waals surface area contributed by atoms with Gasteiger partial charge in [0.25, 0.3) is 0 Å². The van der Waals surface area contributed by atoms with Crippen LogP contribution in [-0.4, -0.2) is 23.9 Å². The van der Waals surface area contributed by atoms with Gasteiger partial charge >= 0.3 is 6.18 Å². The molecular formula is C14H10F3N3O3S3. The van der Waals surface area contributed by atoms with Crippen molar-refractivity contribution >= 4 is 30.9 Å². The van der Waals surface area contributed by atoms with Gasteiger partial charge in [0, 0.05) is 17.8 Å². The van der Waals surface area contributed by atoms with E-state index >= 15 is 0 Å². The molecule has 0 spiro atoms. The van der Waals surface area contributed by atoms with E-state index in [1.165, 1.54) is 23.7 Å². The van der Waals surface area contributed by atoms with Crippen molar-refractivity contribution in [2.45, 2.75) is 16.1 Å². The number of hydrogen-bond acceptors (Lipinski definition) is 7. The summed E-state index contributed by atoms with van der Waals surface area (Å²) >= 11 is 1.27. The van der Waals surface area contributed by atoms with Crippen LogP contribution in [0, 0.1) is 11.3 Å². The Labute approximate surface area is 151 Å². The van der Waals surface area contributed by atoms with Gasteiger partial charge in [-0.05, 0) is 23.6 Å². The van der Waals surface area contributed by atoms with Crippen LogP contribution in [0.4, 0.5) is 13.2 Å². The van der Waals surface area contributed by atoms with Crippen LogP contribution < -0.4 is 0 Å². The van der Waals surface area contributed by atoms with Gasteiger partial charge < -0.3 is 0 Å². The van der Waals surface area contributed by atoms with Gasteiger partial charge in [-0.3, -0.25) is 0 Å². The lowest BCUT2D eigenvalue weighted by molar-refractivity contribution is -0.137. The van der Waals surface area contributed by atoms with E-state index in [2.05, 4.69) is 9.35 Å². The maximum absolute atomic E-state index is 12.5. The molecule has 0 aromatic carbocycles. The number of alkyl halides is 3. The minimum Gasteiger partial charge on any atom is -0.245 e. The summed E-state index contributed by atoms with van der Waals surface area (Å²) in [6, 6.07) is 4.13. The molecule has 0 aliphatic heterocycles. The Morgan fingerprint density at radius 1 is 1.31 bits per heavy atom. The molecular weight excluding hydrogens is 411 g/mol. The molecule has 12 heteroatoms. The van der Waals surface area contributed by atoms with Crippen molar-refractivity contribution in [1.82, 2.24) is 4.98 Å². The van der Waals surface area contributed by atoms with Gasteiger partial charge in [-0.15, -0.1) is 0 Å². The van der Waals surface area contributed by atoms with E-state index in [0.29, 0.717) is 29.4 Å². The highest BCUT2D eigenvalue weighted by atomic mass is 32.2. The first-order valence-electron chi connectivity index (χ1n) is 6.60. The predicted octanol–water partition coefficient (Wildman–Crippen LogP) is 3.46. The van der Waals surface area contributed by atoms with Crippen LogP contribution in [0.3, 0.4) is 0 Å². The molecule has 0 fully saturated rings. The molecule has 0 saturated carbocycles. The number of hydrogen-bond donors (Lipinski definition) is 0. The van der Waals surface area contributed by atoms with E-state index in [1.807, 2.05) is 0 Å². The van der Waals surface area contributed by atoms with Crippen LogP contribution in [0.25, 0.3) is 0 Å². The molecule has 2 aromatic heterocycles. The van der Waals surface area contributed by atoms with Crippen LogP contribution in [0.15, 0.2) is 60.5 Å². The number of rotatable bonds is 4. The van der Waals surface area contributed by atoms with Gasteiger partial charge in [0.05, 0.1) is 26.4 Å². The van der Waals surface area contributed by atoms with Gasteiger partial charge in [-0.2, -0.15) is 29.8 Å². The van der Waals surface area contributed by atoms with Gasteiger partial charge in [-0.1, -0.05) is 0 Å². The molecule has 138 valence electrons. The maximum Gasteiger partial charge on any atom is 0.417 e. The Morgan fingerprint density at radius 3 is 2.46 bits per heavy atom. The van der Waals surface area contributed by atoms with Crippen molar-refractivity contribution in [2.75, 3.05) is 6.26 Å². The summed E-state index contributed by atoms with van der Waals surface area (Å²) in [4.78, 5) is 2.75. The van der Waals surface area contributed by atoms with Crippen molar-refractivity contribution < 1.29 is 25.8 Å². The minimum absolute atomic E-state index is 0.355. The zero-order valence-corrected chi connectivity index (χ0v) is 15.4. The topological polar surface area (TPSA) is 100 Å². The highest BCUT2D eigenvalue weighted by Crippen LogP contribution is 2.29. The van der Waals surface area contributed by atoms with Crippen molar-refractivity contribution in [3.63, 3.8) is 0 Å². The van der Waals surface area contributed by atoms with Gasteiger partial charge in [0.15, 0.2) is 9.93 Å². The largest absolute Gasteiger partial charge is 0.417 e. The maximum atomic E-state index is 12.5. The van der Waals surface area contributed by atoms with Crippen molar-refractivity contribution in [3.05, 3.63) is 51.8 Å². The lowest BCUT2D eigenvalue weighted by atomic mass is 10.3. The van der Waals surface area contributed by atoms with E-state index in [0.717, 1.165) is 0 Å². The molecule has 0 radical (unpaired) electrons. The monoisotopic (exact) mass is 421 g/mol. The molecule has 2 heterocycles. The Hall–Kier alpha value is -2.23. The zero-order valence-electron chi connectivity index (χ0n) is 13.0. The average Bonchev–Trinajstić information content (AvgIpc) is 3.10. The number of nitrogens with zero attached hydrogens (tertiary/aromatic N) is 3. The smallest absolute Gasteiger partial charge is 0.245 e. The second kappa shape index (κ2) is 7.18. The highest BCUT2D eigenvalue weighted by Gasteiger charge is 2.32. The molecule has 2 rings (SSSR count). The molecule has 0 saturated heterocycles. The molecule has 1 atom stereocenters. The van der Waals surface area contributed by atoms with E-state index < -0.39 is 41.2 Å². The van der Waals surface area contributed by atoms with E-state index in [4.69, 9.17) is 5.26 Å². The summed E-state index contributed by atoms with van der Waals surface area (Å²) in [5, 5.41) is 11.6. The minimum atomic E-state index is -4.67. The average molecular weight is 421 g/mol. The number of aromatic nitrogens is 1. The number of halogens is 3. The number of thiophene rings is 1. The fraction of sp³-hybridized carbons (Fsp3) is 0.143. The summed E-state index contributed by atoms with van der Waals surface area (Å²) in [6.07, 6.45) is -2.42. The number of allylic oxidation sites excluding steroid dienone is 1. The zero-order chi connectivity index (χ0) is 19.6. The molecule has 0 aliphatic rings. The molecule has 0 amide bonds. The fourth-order valence-electron chi connectivity index (χ4n) is 1.65. The second-order valence-electron chi connectivity index (χ2n) is 4.86. The van der Waals surface area contributed by atoms with E-state index in [1.54, 1.807) is 16.8 Å². The molecule has 0 N–H and O–H groups in total. The van der Waals surface area contributed by atoms with Gasteiger partial charge in [0.1, 0.15) is 6.07 Å². The van der Waals surface area contributed by atoms with Crippen molar-refractivity contribution in [2.24, 2.45) is 4.36 Å². The molecule has 2 aromatic rings. The second-order valence-corrected chi connectivity index (χ2v) is 9.79. The molecule has 1 unspecified atom stereocenters.